The molecule has 4 aliphatic rings. The molecule has 0 unspecified atom stereocenters. The fourth-order valence-corrected chi connectivity index (χ4v) is 5.89. The summed E-state index contributed by atoms with van der Waals surface area (Å²) in [4.78, 5) is 59.6. The Morgan fingerprint density at radius 1 is 0.588 bits per heavy atom. The van der Waals surface area contributed by atoms with Crippen LogP contribution in [0.4, 0.5) is 11.4 Å². The summed E-state index contributed by atoms with van der Waals surface area (Å²) in [5, 5.41) is 0. The fourth-order valence-electron chi connectivity index (χ4n) is 5.89. The van der Waals surface area contributed by atoms with Crippen LogP contribution in [0, 0.1) is 0 Å². The molecule has 0 aromatic heterocycles. The quantitative estimate of drug-likeness (QED) is 0.328. The van der Waals surface area contributed by atoms with E-state index in [0.717, 1.165) is 52.4 Å². The SMILES string of the molecule is C[NH+]1CC[NH+]([C@@H]2CC(=O)N(c3ccc(N4C(=O)C[C@@H]([NH+]5CC[NH+](C)CC5)C4=O)cc3)C2=O)CC1. The maximum Gasteiger partial charge on any atom is 0.292 e. The van der Waals surface area contributed by atoms with Crippen LogP contribution in [-0.2, 0) is 19.2 Å². The molecule has 0 aliphatic carbocycles. The Morgan fingerprint density at radius 2 is 0.912 bits per heavy atom. The molecule has 4 N–H and O–H groups in total. The van der Waals surface area contributed by atoms with Crippen molar-refractivity contribution >= 4 is 35.0 Å². The molecule has 0 saturated carbocycles. The number of imide groups is 2. The van der Waals surface area contributed by atoms with Crippen molar-refractivity contribution in [1.29, 1.82) is 0 Å². The second-order valence-electron chi connectivity index (χ2n) is 10.4. The van der Waals surface area contributed by atoms with Crippen LogP contribution in [0.25, 0.3) is 0 Å². The molecule has 1 aromatic rings. The molecule has 5 rings (SSSR count). The van der Waals surface area contributed by atoms with Gasteiger partial charge in [0.25, 0.3) is 11.8 Å². The summed E-state index contributed by atoms with van der Waals surface area (Å²) in [6.45, 7) is 7.54. The van der Waals surface area contributed by atoms with Crippen LogP contribution < -0.4 is 29.4 Å². The lowest BCUT2D eigenvalue weighted by molar-refractivity contribution is -1.01. The van der Waals surface area contributed by atoms with Gasteiger partial charge < -0.3 is 19.6 Å². The topological polar surface area (TPSA) is 92.5 Å². The third-order valence-electron chi connectivity index (χ3n) is 8.14. The first-order valence-corrected chi connectivity index (χ1v) is 12.5. The van der Waals surface area contributed by atoms with E-state index in [-0.39, 0.29) is 48.6 Å². The third-order valence-corrected chi connectivity index (χ3v) is 8.14. The number of benzene rings is 1. The van der Waals surface area contributed by atoms with E-state index in [0.29, 0.717) is 11.4 Å². The predicted molar refractivity (Wildman–Crippen MR) is 123 cm³/mol. The lowest BCUT2D eigenvalue weighted by Crippen LogP contribution is -3.29. The van der Waals surface area contributed by atoms with Gasteiger partial charge in [0.1, 0.15) is 52.4 Å². The number of amides is 4. The van der Waals surface area contributed by atoms with Crippen molar-refractivity contribution in [3.8, 4) is 0 Å². The highest BCUT2D eigenvalue weighted by atomic mass is 16.2. The molecule has 4 aliphatic heterocycles. The highest BCUT2D eigenvalue weighted by Gasteiger charge is 2.48. The Morgan fingerprint density at radius 3 is 1.24 bits per heavy atom. The predicted octanol–water partition coefficient (Wildman–Crippen LogP) is -6.22. The Bertz CT molecular complexity index is 903. The van der Waals surface area contributed by atoms with Crippen molar-refractivity contribution in [1.82, 2.24) is 0 Å². The van der Waals surface area contributed by atoms with Crippen molar-refractivity contribution in [3.63, 3.8) is 0 Å². The van der Waals surface area contributed by atoms with Crippen molar-refractivity contribution in [2.75, 3.05) is 76.3 Å². The lowest BCUT2D eigenvalue weighted by atomic mass is 10.2. The minimum atomic E-state index is -0.323. The summed E-state index contributed by atoms with van der Waals surface area (Å²) in [6, 6.07) is 6.06. The normalized spacial score (nSPS) is 34.9. The zero-order chi connectivity index (χ0) is 24.0. The van der Waals surface area contributed by atoms with Gasteiger partial charge in [0, 0.05) is 0 Å². The maximum atomic E-state index is 13.1. The molecule has 0 spiro atoms. The number of carbonyl (C=O) groups is 4. The number of nitrogens with zero attached hydrogens (tertiary/aromatic N) is 2. The molecule has 2 atom stereocenters. The smallest absolute Gasteiger partial charge is 0.292 e. The third kappa shape index (κ3) is 4.15. The molecule has 0 bridgehead atoms. The van der Waals surface area contributed by atoms with Crippen LogP contribution >= 0.6 is 0 Å². The summed E-state index contributed by atoms with van der Waals surface area (Å²) >= 11 is 0. The molecule has 34 heavy (non-hydrogen) atoms. The van der Waals surface area contributed by atoms with Crippen LogP contribution in [0.15, 0.2) is 24.3 Å². The first kappa shape index (κ1) is 23.1. The number of nitrogens with one attached hydrogen (secondary N) is 4. The summed E-state index contributed by atoms with van der Waals surface area (Å²) in [5.74, 6) is -0.672. The summed E-state index contributed by atoms with van der Waals surface area (Å²) in [7, 11) is 4.30. The average molecular weight is 473 g/mol. The number of anilines is 2. The number of piperazine rings is 2. The molecule has 4 saturated heterocycles. The van der Waals surface area contributed by atoms with E-state index in [1.165, 1.54) is 29.4 Å². The summed E-state index contributed by atoms with van der Waals surface area (Å²) in [6.07, 6.45) is 0.463. The second kappa shape index (κ2) is 9.18. The number of rotatable bonds is 4. The van der Waals surface area contributed by atoms with Crippen molar-refractivity contribution in [2.24, 2.45) is 0 Å². The van der Waals surface area contributed by atoms with Gasteiger partial charge in [-0.2, -0.15) is 0 Å². The van der Waals surface area contributed by atoms with E-state index in [2.05, 4.69) is 14.1 Å². The summed E-state index contributed by atoms with van der Waals surface area (Å²) in [5.41, 5.74) is 1.01. The van der Waals surface area contributed by atoms with Crippen LogP contribution in [0.2, 0.25) is 0 Å². The molecule has 10 nitrogen and oxygen atoms in total. The molecule has 1 aromatic carbocycles. The first-order chi connectivity index (χ1) is 16.3. The lowest BCUT2D eigenvalue weighted by Gasteiger charge is -2.30. The molecular weight excluding hydrogens is 436 g/mol. The van der Waals surface area contributed by atoms with E-state index in [9.17, 15) is 19.2 Å². The molecular formula is C24H36N6O4+4. The van der Waals surface area contributed by atoms with Crippen LogP contribution in [0.1, 0.15) is 12.8 Å². The van der Waals surface area contributed by atoms with Gasteiger partial charge in [0.05, 0.1) is 38.3 Å². The molecule has 10 heteroatoms. The van der Waals surface area contributed by atoms with Gasteiger partial charge in [0.2, 0.25) is 11.8 Å². The molecule has 4 amide bonds. The van der Waals surface area contributed by atoms with Gasteiger partial charge in [-0.1, -0.05) is 0 Å². The second-order valence-corrected chi connectivity index (χ2v) is 10.4. The molecule has 182 valence electrons. The maximum absolute atomic E-state index is 13.1. The van der Waals surface area contributed by atoms with Gasteiger partial charge in [-0.15, -0.1) is 0 Å². The van der Waals surface area contributed by atoms with Gasteiger partial charge in [0.15, 0.2) is 12.1 Å². The molecule has 4 heterocycles. The minimum Gasteiger partial charge on any atom is -0.328 e. The minimum absolute atomic E-state index is 0.151. The van der Waals surface area contributed by atoms with E-state index >= 15 is 0 Å². The van der Waals surface area contributed by atoms with Crippen molar-refractivity contribution in [2.45, 2.75) is 24.9 Å². The van der Waals surface area contributed by atoms with E-state index < -0.39 is 0 Å². The van der Waals surface area contributed by atoms with E-state index in [1.54, 1.807) is 24.3 Å². The fraction of sp³-hybridized carbons (Fsp3) is 0.583. The van der Waals surface area contributed by atoms with Crippen LogP contribution in [0.3, 0.4) is 0 Å². The zero-order valence-corrected chi connectivity index (χ0v) is 20.1. The Kier molecular flexibility index (Phi) is 6.24. The Hall–Kier alpha value is -2.66. The number of hydrogen-bond donors (Lipinski definition) is 4. The monoisotopic (exact) mass is 472 g/mol. The van der Waals surface area contributed by atoms with Crippen molar-refractivity contribution < 1.29 is 38.8 Å². The number of likely N-dealkylation sites (N-methyl/N-ethyl adjacent to an activating group) is 2. The first-order valence-electron chi connectivity index (χ1n) is 12.5. The van der Waals surface area contributed by atoms with E-state index in [1.807, 2.05) is 0 Å². The largest absolute Gasteiger partial charge is 0.328 e. The highest BCUT2D eigenvalue weighted by Crippen LogP contribution is 2.27. The van der Waals surface area contributed by atoms with Crippen LogP contribution in [-0.4, -0.2) is 102 Å². The average Bonchev–Trinajstić information content (AvgIpc) is 3.29. The number of carbonyl (C=O) groups excluding carboxylic acids is 4. The molecule has 4 fully saturated rings. The summed E-state index contributed by atoms with van der Waals surface area (Å²) < 4.78 is 0. The number of quaternary nitrogens is 4. The Labute approximate surface area is 199 Å². The zero-order valence-electron chi connectivity index (χ0n) is 20.1. The highest BCUT2D eigenvalue weighted by molar-refractivity contribution is 6.23. The molecule has 0 radical (unpaired) electrons. The number of hydrogen-bond acceptors (Lipinski definition) is 4. The van der Waals surface area contributed by atoms with Gasteiger partial charge >= 0.3 is 0 Å². The van der Waals surface area contributed by atoms with Gasteiger partial charge in [-0.25, -0.2) is 9.80 Å². The van der Waals surface area contributed by atoms with E-state index in [4.69, 9.17) is 0 Å². The standard InChI is InChI=1S/C24H32N6O4/c1-25-7-11-27(12-8-25)19-15-21(31)29(23(19)33)17-3-5-18(6-4-17)30-22(32)16-20(24(30)34)28-13-9-26(2)10-14-28/h3-6,19-20H,7-16H2,1-2H3/p+4/t19-,20-/m1/s1. The van der Waals surface area contributed by atoms with Crippen molar-refractivity contribution in [3.05, 3.63) is 24.3 Å². The van der Waals surface area contributed by atoms with Gasteiger partial charge in [-0.3, -0.25) is 19.2 Å². The van der Waals surface area contributed by atoms with Crippen LogP contribution in [0.5, 0.6) is 0 Å². The van der Waals surface area contributed by atoms with Gasteiger partial charge in [-0.05, 0) is 24.3 Å². The Balaban J connectivity index is 1.28.